The van der Waals surface area contributed by atoms with Gasteiger partial charge in [-0.3, -0.25) is 0 Å². The molecule has 1 atom stereocenters. The summed E-state index contributed by atoms with van der Waals surface area (Å²) in [5.74, 6) is 1.05. The van der Waals surface area contributed by atoms with E-state index >= 15 is 0 Å². The molecule has 0 radical (unpaired) electrons. The molecule has 1 saturated heterocycles. The number of nitrogens with one attached hydrogen (secondary N) is 1. The first kappa shape index (κ1) is 16.3. The van der Waals surface area contributed by atoms with Crippen molar-refractivity contribution in [2.45, 2.75) is 23.9 Å². The second kappa shape index (κ2) is 6.07. The van der Waals surface area contributed by atoms with Gasteiger partial charge in [0.25, 0.3) is 0 Å². The van der Waals surface area contributed by atoms with Crippen LogP contribution in [0.5, 0.6) is 11.5 Å². The molecule has 2 aromatic carbocycles. The maximum Gasteiger partial charge on any atom is 0.244 e. The monoisotopic (exact) mass is 383 g/mol. The molecule has 3 aromatic rings. The summed E-state index contributed by atoms with van der Waals surface area (Å²) in [6, 6.07) is 12.6. The maximum atomic E-state index is 12.6. The molecule has 1 unspecified atom stereocenters. The van der Waals surface area contributed by atoms with Crippen LogP contribution >= 0.6 is 0 Å². The zero-order valence-corrected chi connectivity index (χ0v) is 15.1. The topological polar surface area (TPSA) is 89.4 Å². The van der Waals surface area contributed by atoms with Crippen LogP contribution in [0.15, 0.2) is 59.8 Å². The number of hydrogen-bond acceptors (Lipinski definition) is 6. The van der Waals surface area contributed by atoms with E-state index in [2.05, 4.69) is 19.9 Å². The van der Waals surface area contributed by atoms with Crippen molar-refractivity contribution in [3.63, 3.8) is 0 Å². The van der Waals surface area contributed by atoms with E-state index in [-0.39, 0.29) is 11.1 Å². The Labute approximate surface area is 156 Å². The first-order valence-electron chi connectivity index (χ1n) is 8.68. The Morgan fingerprint density at radius 2 is 2.04 bits per heavy atom. The molecule has 2 aliphatic heterocycles. The van der Waals surface area contributed by atoms with Crippen molar-refractivity contribution in [2.24, 2.45) is 0 Å². The van der Waals surface area contributed by atoms with Crippen LogP contribution in [-0.2, 0) is 10.0 Å². The highest BCUT2D eigenvalue weighted by molar-refractivity contribution is 7.89. The largest absolute Gasteiger partial charge is 0.457 e. The van der Waals surface area contributed by atoms with Crippen LogP contribution in [0, 0.1) is 0 Å². The molecule has 8 nitrogen and oxygen atoms in total. The third-order valence-corrected chi connectivity index (χ3v) is 6.30. The molecule has 138 valence electrons. The molecule has 27 heavy (non-hydrogen) atoms. The van der Waals surface area contributed by atoms with Gasteiger partial charge in [-0.25, -0.2) is 13.1 Å². The van der Waals surface area contributed by atoms with Gasteiger partial charge >= 0.3 is 0 Å². The lowest BCUT2D eigenvalue weighted by atomic mass is 10.2. The minimum atomic E-state index is -3.55. The van der Waals surface area contributed by atoms with Crippen LogP contribution in [-0.4, -0.2) is 36.1 Å². The minimum absolute atomic E-state index is 0.145. The SMILES string of the molecule is O=S1(=O)NC2CCCN2c2ccc(Oc3cccc(-n4ccnn4)c3)cc21. The van der Waals surface area contributed by atoms with Crippen LogP contribution in [0.2, 0.25) is 0 Å². The number of hydrogen-bond donors (Lipinski definition) is 1. The third kappa shape index (κ3) is 2.84. The van der Waals surface area contributed by atoms with Crippen molar-refractivity contribution < 1.29 is 13.2 Å². The predicted molar refractivity (Wildman–Crippen MR) is 98.6 cm³/mol. The van der Waals surface area contributed by atoms with Crippen molar-refractivity contribution in [2.75, 3.05) is 11.4 Å². The van der Waals surface area contributed by atoms with E-state index in [1.807, 2.05) is 30.3 Å². The van der Waals surface area contributed by atoms with Crippen molar-refractivity contribution in [1.29, 1.82) is 0 Å². The Kier molecular flexibility index (Phi) is 3.66. The normalized spacial score (nSPS) is 20.1. The predicted octanol–water partition coefficient (Wildman–Crippen LogP) is 2.28. The highest BCUT2D eigenvalue weighted by Gasteiger charge is 2.37. The quantitative estimate of drug-likeness (QED) is 0.746. The van der Waals surface area contributed by atoms with Crippen LogP contribution in [0.25, 0.3) is 5.69 Å². The van der Waals surface area contributed by atoms with Gasteiger partial charge in [-0.2, -0.15) is 4.72 Å². The molecule has 1 aromatic heterocycles. The molecule has 0 saturated carbocycles. The van der Waals surface area contributed by atoms with Gasteiger partial charge in [0.15, 0.2) is 0 Å². The van der Waals surface area contributed by atoms with Crippen LogP contribution in [0.4, 0.5) is 5.69 Å². The van der Waals surface area contributed by atoms with Gasteiger partial charge < -0.3 is 9.64 Å². The number of fused-ring (bicyclic) bond motifs is 3. The fourth-order valence-electron chi connectivity index (χ4n) is 3.60. The summed E-state index contributed by atoms with van der Waals surface area (Å²) < 4.78 is 35.5. The van der Waals surface area contributed by atoms with Crippen molar-refractivity contribution in [3.05, 3.63) is 54.9 Å². The first-order chi connectivity index (χ1) is 13.1. The molecule has 1 N–H and O–H groups in total. The molecular formula is C18H17N5O3S. The Morgan fingerprint density at radius 3 is 2.89 bits per heavy atom. The van der Waals surface area contributed by atoms with Gasteiger partial charge in [0.1, 0.15) is 16.4 Å². The van der Waals surface area contributed by atoms with E-state index in [1.165, 1.54) is 0 Å². The minimum Gasteiger partial charge on any atom is -0.457 e. The van der Waals surface area contributed by atoms with Gasteiger partial charge in [-0.1, -0.05) is 11.3 Å². The molecule has 2 aliphatic rings. The molecule has 0 bridgehead atoms. The second-order valence-electron chi connectivity index (χ2n) is 6.55. The summed E-state index contributed by atoms with van der Waals surface area (Å²) in [7, 11) is -3.55. The van der Waals surface area contributed by atoms with Gasteiger partial charge in [0, 0.05) is 18.7 Å². The van der Waals surface area contributed by atoms with E-state index < -0.39 is 10.0 Å². The number of aromatic nitrogens is 3. The number of rotatable bonds is 3. The summed E-state index contributed by atoms with van der Waals surface area (Å²) in [6.45, 7) is 0.848. The van der Waals surface area contributed by atoms with E-state index in [1.54, 1.807) is 29.2 Å². The number of ether oxygens (including phenoxy) is 1. The molecule has 3 heterocycles. The first-order valence-corrected chi connectivity index (χ1v) is 10.2. The summed E-state index contributed by atoms with van der Waals surface area (Å²) in [4.78, 5) is 2.36. The zero-order valence-electron chi connectivity index (χ0n) is 14.3. The van der Waals surface area contributed by atoms with E-state index in [4.69, 9.17) is 4.74 Å². The Balaban J connectivity index is 1.48. The summed E-state index contributed by atoms with van der Waals surface area (Å²) in [6.07, 6.45) is 4.99. The lowest BCUT2D eigenvalue weighted by Gasteiger charge is -2.33. The second-order valence-corrected chi connectivity index (χ2v) is 8.23. The summed E-state index contributed by atoms with van der Waals surface area (Å²) >= 11 is 0. The molecule has 0 aliphatic carbocycles. The zero-order chi connectivity index (χ0) is 18.4. The van der Waals surface area contributed by atoms with Gasteiger partial charge in [-0.05, 0) is 37.1 Å². The highest BCUT2D eigenvalue weighted by Crippen LogP contribution is 2.38. The summed E-state index contributed by atoms with van der Waals surface area (Å²) in [5.41, 5.74) is 1.54. The van der Waals surface area contributed by atoms with Crippen LogP contribution in [0.1, 0.15) is 12.8 Å². The van der Waals surface area contributed by atoms with E-state index in [0.29, 0.717) is 11.5 Å². The number of nitrogens with zero attached hydrogens (tertiary/aromatic N) is 4. The van der Waals surface area contributed by atoms with Crippen LogP contribution in [0.3, 0.4) is 0 Å². The van der Waals surface area contributed by atoms with Gasteiger partial charge in [-0.15, -0.1) is 5.10 Å². The standard InChI is InChI=1S/C18H17N5O3S/c24-27(25)17-12-15(6-7-16(17)22-9-2-5-18(22)20-27)26-14-4-1-3-13(11-14)23-10-8-19-21-23/h1,3-4,6-8,10-12,18,20H,2,5,9H2. The highest BCUT2D eigenvalue weighted by atomic mass is 32.2. The van der Waals surface area contributed by atoms with Crippen LogP contribution < -0.4 is 14.4 Å². The third-order valence-electron chi connectivity index (χ3n) is 4.81. The Hall–Kier alpha value is -2.91. The van der Waals surface area contributed by atoms with E-state index in [9.17, 15) is 8.42 Å². The van der Waals surface area contributed by atoms with Crippen molar-refractivity contribution >= 4 is 15.7 Å². The Bertz CT molecular complexity index is 1100. The number of anilines is 1. The Morgan fingerprint density at radius 1 is 1.15 bits per heavy atom. The van der Waals surface area contributed by atoms with Gasteiger partial charge in [0.2, 0.25) is 10.0 Å². The molecule has 0 spiro atoms. The maximum absolute atomic E-state index is 12.6. The fraction of sp³-hybridized carbons (Fsp3) is 0.222. The molecule has 9 heteroatoms. The number of benzene rings is 2. The lowest BCUT2D eigenvalue weighted by Crippen LogP contribution is -2.48. The fourth-order valence-corrected chi connectivity index (χ4v) is 5.06. The smallest absolute Gasteiger partial charge is 0.244 e. The summed E-state index contributed by atoms with van der Waals surface area (Å²) in [5, 5.41) is 7.76. The molecule has 1 fully saturated rings. The molecular weight excluding hydrogens is 366 g/mol. The molecule has 5 rings (SSSR count). The van der Waals surface area contributed by atoms with E-state index in [0.717, 1.165) is 30.8 Å². The molecule has 0 amide bonds. The lowest BCUT2D eigenvalue weighted by molar-refractivity contribution is 0.478. The van der Waals surface area contributed by atoms with Gasteiger partial charge in [0.05, 0.1) is 29.9 Å². The van der Waals surface area contributed by atoms with Crippen molar-refractivity contribution in [3.8, 4) is 17.2 Å². The van der Waals surface area contributed by atoms with Crippen molar-refractivity contribution in [1.82, 2.24) is 19.7 Å². The average Bonchev–Trinajstić information content (AvgIpc) is 3.33. The number of sulfonamides is 1. The average molecular weight is 383 g/mol.